The fraction of sp³-hybridized carbons (Fsp3) is 0.381. The van der Waals surface area contributed by atoms with Gasteiger partial charge < -0.3 is 4.90 Å². The minimum atomic E-state index is -0.317. The third-order valence-corrected chi connectivity index (χ3v) is 5.83. The molecule has 0 aliphatic heterocycles. The molecule has 2 aromatic heterocycles. The Morgan fingerprint density at radius 1 is 1.28 bits per heavy atom. The smallest absolute Gasteiger partial charge is 0.272 e. The van der Waals surface area contributed by atoms with Gasteiger partial charge in [-0.05, 0) is 37.1 Å². The molecule has 0 fully saturated rings. The quantitative estimate of drug-likeness (QED) is 0.546. The number of aryl methyl sites for hydroxylation is 2. The molecule has 8 heteroatoms. The van der Waals surface area contributed by atoms with E-state index in [0.29, 0.717) is 23.8 Å². The summed E-state index contributed by atoms with van der Waals surface area (Å²) in [6, 6.07) is 6.11. The number of carbonyl (C=O) groups excluding carboxylic acids is 1. The summed E-state index contributed by atoms with van der Waals surface area (Å²) in [4.78, 5) is 19.4. The van der Waals surface area contributed by atoms with Crippen molar-refractivity contribution in [3.63, 3.8) is 0 Å². The van der Waals surface area contributed by atoms with Crippen LogP contribution in [0.2, 0.25) is 0 Å². The first-order chi connectivity index (χ1) is 13.8. The van der Waals surface area contributed by atoms with E-state index >= 15 is 0 Å². The van der Waals surface area contributed by atoms with Gasteiger partial charge in [0.15, 0.2) is 5.16 Å². The van der Waals surface area contributed by atoms with E-state index in [1.165, 1.54) is 12.1 Å². The van der Waals surface area contributed by atoms with Crippen molar-refractivity contribution in [3.05, 3.63) is 59.4 Å². The van der Waals surface area contributed by atoms with Crippen molar-refractivity contribution in [1.29, 1.82) is 0 Å². The number of hydrogen-bond donors (Lipinski definition) is 0. The third-order valence-electron chi connectivity index (χ3n) is 4.45. The van der Waals surface area contributed by atoms with E-state index in [-0.39, 0.29) is 11.7 Å². The number of hydrogen-bond acceptors (Lipinski definition) is 4. The molecule has 154 valence electrons. The van der Waals surface area contributed by atoms with Crippen molar-refractivity contribution in [2.24, 2.45) is 13.0 Å². The first-order valence-electron chi connectivity index (χ1n) is 9.47. The molecule has 0 N–H and O–H groups in total. The molecule has 29 heavy (non-hydrogen) atoms. The summed E-state index contributed by atoms with van der Waals surface area (Å²) in [7, 11) is 3.62. The molecule has 0 atom stereocenters. The number of benzene rings is 1. The molecular weight excluding hydrogens is 389 g/mol. The lowest BCUT2D eigenvalue weighted by Gasteiger charge is -2.19. The fourth-order valence-corrected chi connectivity index (χ4v) is 3.94. The number of aromatic nitrogens is 4. The van der Waals surface area contributed by atoms with Gasteiger partial charge in [0.2, 0.25) is 0 Å². The van der Waals surface area contributed by atoms with E-state index in [1.807, 2.05) is 20.2 Å². The van der Waals surface area contributed by atoms with Crippen LogP contribution in [0, 0.1) is 18.7 Å². The highest BCUT2D eigenvalue weighted by atomic mass is 32.2. The van der Waals surface area contributed by atoms with Gasteiger partial charge in [0.1, 0.15) is 11.5 Å². The zero-order chi connectivity index (χ0) is 21.1. The van der Waals surface area contributed by atoms with E-state index < -0.39 is 0 Å². The minimum absolute atomic E-state index is 0.151. The summed E-state index contributed by atoms with van der Waals surface area (Å²) in [5, 5.41) is 5.06. The Balaban J connectivity index is 1.93. The molecular formula is C21H26FN5OS. The Bertz CT molecular complexity index is 993. The van der Waals surface area contributed by atoms with Crippen LogP contribution in [0.1, 0.15) is 35.6 Å². The van der Waals surface area contributed by atoms with E-state index in [2.05, 4.69) is 23.9 Å². The molecule has 1 amide bonds. The van der Waals surface area contributed by atoms with E-state index in [1.54, 1.807) is 51.3 Å². The Hall–Kier alpha value is -2.61. The topological polar surface area (TPSA) is 56.0 Å². The van der Waals surface area contributed by atoms with Crippen LogP contribution in [-0.4, -0.2) is 42.9 Å². The predicted molar refractivity (Wildman–Crippen MR) is 113 cm³/mol. The standard InChI is InChI=1S/C21H26FN5OS/c1-14(2)13-29-21-23-10-19(27(21)18-8-6-17(22)7-9-18)20(28)25(4)11-16-12-26(5)24-15(16)3/h6-10,12,14H,11,13H2,1-5H3. The average molecular weight is 416 g/mol. The van der Waals surface area contributed by atoms with Crippen LogP contribution in [0.5, 0.6) is 0 Å². The molecule has 3 aromatic rings. The van der Waals surface area contributed by atoms with Crippen molar-refractivity contribution in [1.82, 2.24) is 24.2 Å². The zero-order valence-electron chi connectivity index (χ0n) is 17.4. The molecule has 1 aromatic carbocycles. The summed E-state index contributed by atoms with van der Waals surface area (Å²) >= 11 is 1.59. The average Bonchev–Trinajstić information content (AvgIpc) is 3.22. The van der Waals surface area contributed by atoms with Crippen LogP contribution in [0.25, 0.3) is 5.69 Å². The van der Waals surface area contributed by atoms with Gasteiger partial charge in [-0.15, -0.1) is 0 Å². The van der Waals surface area contributed by atoms with Gasteiger partial charge in [-0.2, -0.15) is 5.10 Å². The molecule has 0 aliphatic rings. The van der Waals surface area contributed by atoms with E-state index in [4.69, 9.17) is 0 Å². The highest BCUT2D eigenvalue weighted by Crippen LogP contribution is 2.26. The number of carbonyl (C=O) groups is 1. The van der Waals surface area contributed by atoms with Crippen LogP contribution in [0.3, 0.4) is 0 Å². The van der Waals surface area contributed by atoms with Crippen LogP contribution >= 0.6 is 11.8 Å². The van der Waals surface area contributed by atoms with Gasteiger partial charge in [-0.1, -0.05) is 25.6 Å². The summed E-state index contributed by atoms with van der Waals surface area (Å²) in [6.45, 7) is 6.64. The molecule has 0 bridgehead atoms. The summed E-state index contributed by atoms with van der Waals surface area (Å²) in [6.07, 6.45) is 3.52. The second-order valence-electron chi connectivity index (χ2n) is 7.52. The first-order valence-corrected chi connectivity index (χ1v) is 10.5. The Morgan fingerprint density at radius 3 is 2.55 bits per heavy atom. The van der Waals surface area contributed by atoms with Crippen LogP contribution in [0.15, 0.2) is 41.8 Å². The number of thioether (sulfide) groups is 1. The monoisotopic (exact) mass is 415 g/mol. The zero-order valence-corrected chi connectivity index (χ0v) is 18.2. The van der Waals surface area contributed by atoms with E-state index in [0.717, 1.165) is 22.2 Å². The van der Waals surface area contributed by atoms with Gasteiger partial charge >= 0.3 is 0 Å². The summed E-state index contributed by atoms with van der Waals surface area (Å²) in [5.41, 5.74) is 3.05. The number of nitrogens with zero attached hydrogens (tertiary/aromatic N) is 5. The molecule has 0 radical (unpaired) electrons. The van der Waals surface area contributed by atoms with Gasteiger partial charge in [-0.25, -0.2) is 9.37 Å². The number of halogens is 1. The summed E-state index contributed by atoms with van der Waals surface area (Å²) < 4.78 is 17.0. The Labute approximate surface area is 174 Å². The predicted octanol–water partition coefficient (Wildman–Crippen LogP) is 4.07. The largest absolute Gasteiger partial charge is 0.336 e. The van der Waals surface area contributed by atoms with Gasteiger partial charge in [0, 0.05) is 43.8 Å². The first kappa shape index (κ1) is 21.1. The Morgan fingerprint density at radius 2 is 1.97 bits per heavy atom. The lowest BCUT2D eigenvalue weighted by Crippen LogP contribution is -2.28. The highest BCUT2D eigenvalue weighted by Gasteiger charge is 2.22. The molecule has 3 rings (SSSR count). The Kier molecular flexibility index (Phi) is 6.42. The van der Waals surface area contributed by atoms with Crippen molar-refractivity contribution in [2.45, 2.75) is 32.5 Å². The maximum Gasteiger partial charge on any atom is 0.272 e. The molecule has 6 nitrogen and oxygen atoms in total. The maximum absolute atomic E-state index is 13.4. The minimum Gasteiger partial charge on any atom is -0.336 e. The number of rotatable bonds is 7. The number of amides is 1. The molecule has 2 heterocycles. The highest BCUT2D eigenvalue weighted by molar-refractivity contribution is 7.99. The van der Waals surface area contributed by atoms with Gasteiger partial charge in [0.05, 0.1) is 11.9 Å². The summed E-state index contributed by atoms with van der Waals surface area (Å²) in [5.74, 6) is 0.883. The van der Waals surface area contributed by atoms with Crippen LogP contribution in [0.4, 0.5) is 4.39 Å². The molecule has 0 aliphatic carbocycles. The van der Waals surface area contributed by atoms with Gasteiger partial charge in [-0.3, -0.25) is 14.0 Å². The third kappa shape index (κ3) is 4.87. The second-order valence-corrected chi connectivity index (χ2v) is 8.50. The molecule has 0 saturated carbocycles. The van der Waals surface area contributed by atoms with Crippen LogP contribution < -0.4 is 0 Å². The fourth-order valence-electron chi connectivity index (χ4n) is 3.00. The maximum atomic E-state index is 13.4. The lowest BCUT2D eigenvalue weighted by molar-refractivity contribution is 0.0776. The lowest BCUT2D eigenvalue weighted by atomic mass is 10.2. The van der Waals surface area contributed by atoms with Gasteiger partial charge in [0.25, 0.3) is 5.91 Å². The molecule has 0 unspecified atom stereocenters. The molecule has 0 spiro atoms. The van der Waals surface area contributed by atoms with Crippen molar-refractivity contribution in [2.75, 3.05) is 12.8 Å². The van der Waals surface area contributed by atoms with E-state index in [9.17, 15) is 9.18 Å². The SMILES string of the molecule is Cc1nn(C)cc1CN(C)C(=O)c1cnc(SCC(C)C)n1-c1ccc(F)cc1. The van der Waals surface area contributed by atoms with Crippen LogP contribution in [-0.2, 0) is 13.6 Å². The van der Waals surface area contributed by atoms with Crippen molar-refractivity contribution in [3.8, 4) is 5.69 Å². The van der Waals surface area contributed by atoms with Crippen molar-refractivity contribution < 1.29 is 9.18 Å². The second kappa shape index (κ2) is 8.82. The number of imidazole rings is 1. The molecule has 0 saturated heterocycles. The normalized spacial score (nSPS) is 11.3. The van der Waals surface area contributed by atoms with Crippen molar-refractivity contribution >= 4 is 17.7 Å².